The summed E-state index contributed by atoms with van der Waals surface area (Å²) >= 11 is 5.83. The number of anilines is 1. The second kappa shape index (κ2) is 9.19. The summed E-state index contributed by atoms with van der Waals surface area (Å²) in [6.07, 6.45) is -0.806. The minimum atomic E-state index is -3.75. The van der Waals surface area contributed by atoms with Crippen LogP contribution in [0, 0.1) is 0 Å². The summed E-state index contributed by atoms with van der Waals surface area (Å²) in [6.45, 7) is 1.59. The van der Waals surface area contributed by atoms with Gasteiger partial charge in [0.2, 0.25) is 0 Å². The number of hydrogen-bond acceptors (Lipinski definition) is 5. The van der Waals surface area contributed by atoms with Gasteiger partial charge in [-0.3, -0.25) is 4.31 Å². The molecule has 3 aromatic carbocycles. The zero-order valence-electron chi connectivity index (χ0n) is 16.4. The van der Waals surface area contributed by atoms with Crippen molar-refractivity contribution in [2.45, 2.75) is 17.9 Å². The molecule has 1 unspecified atom stereocenters. The molecule has 0 N–H and O–H groups in total. The lowest BCUT2D eigenvalue weighted by Crippen LogP contribution is -2.28. The van der Waals surface area contributed by atoms with Crippen LogP contribution < -0.4 is 13.8 Å². The number of sulfonamides is 1. The van der Waals surface area contributed by atoms with E-state index in [0.29, 0.717) is 16.5 Å². The molecule has 1 atom stereocenters. The Morgan fingerprint density at radius 1 is 0.900 bits per heavy atom. The molecule has 0 radical (unpaired) electrons. The fourth-order valence-corrected chi connectivity index (χ4v) is 3.90. The average molecular weight is 446 g/mol. The molecule has 0 heterocycles. The summed E-state index contributed by atoms with van der Waals surface area (Å²) in [5.41, 5.74) is 0.415. The lowest BCUT2D eigenvalue weighted by Gasteiger charge is -2.20. The maximum absolute atomic E-state index is 12.8. The lowest BCUT2D eigenvalue weighted by atomic mass is 10.3. The molecule has 8 heteroatoms. The van der Waals surface area contributed by atoms with E-state index in [9.17, 15) is 13.2 Å². The number of rotatable bonds is 7. The lowest BCUT2D eigenvalue weighted by molar-refractivity contribution is -0.141. The molecule has 0 amide bonds. The molecule has 3 aromatic rings. The van der Waals surface area contributed by atoms with Gasteiger partial charge >= 0.3 is 5.97 Å². The van der Waals surface area contributed by atoms with E-state index < -0.39 is 22.1 Å². The van der Waals surface area contributed by atoms with Gasteiger partial charge in [0.25, 0.3) is 10.0 Å². The Morgan fingerprint density at radius 3 is 2.10 bits per heavy atom. The normalized spacial score (nSPS) is 12.1. The summed E-state index contributed by atoms with van der Waals surface area (Å²) in [5.74, 6) is 0.282. The van der Waals surface area contributed by atoms with E-state index in [1.807, 2.05) is 6.07 Å². The highest BCUT2D eigenvalue weighted by Gasteiger charge is 2.22. The third-order valence-electron chi connectivity index (χ3n) is 4.28. The van der Waals surface area contributed by atoms with E-state index in [1.165, 1.54) is 43.4 Å². The second-order valence-electron chi connectivity index (χ2n) is 6.41. The van der Waals surface area contributed by atoms with Crippen molar-refractivity contribution in [1.82, 2.24) is 0 Å². The van der Waals surface area contributed by atoms with Gasteiger partial charge in [0.05, 0.1) is 10.6 Å². The molecule has 0 aliphatic heterocycles. The maximum Gasteiger partial charge on any atom is 0.352 e. The van der Waals surface area contributed by atoms with E-state index in [1.54, 1.807) is 43.3 Å². The largest absolute Gasteiger partial charge is 0.479 e. The number of hydrogen-bond donors (Lipinski definition) is 0. The quantitative estimate of drug-likeness (QED) is 0.394. The molecule has 0 aliphatic rings. The topological polar surface area (TPSA) is 72.9 Å². The average Bonchev–Trinajstić information content (AvgIpc) is 2.74. The fraction of sp³-hybridized carbons (Fsp3) is 0.136. The van der Waals surface area contributed by atoms with Crippen molar-refractivity contribution < 1.29 is 22.7 Å². The van der Waals surface area contributed by atoms with Gasteiger partial charge in [-0.15, -0.1) is 0 Å². The first-order chi connectivity index (χ1) is 14.3. The van der Waals surface area contributed by atoms with Crippen LogP contribution in [0.15, 0.2) is 83.8 Å². The molecule has 0 aromatic heterocycles. The first kappa shape index (κ1) is 21.7. The predicted molar refractivity (Wildman–Crippen MR) is 116 cm³/mol. The third-order valence-corrected chi connectivity index (χ3v) is 6.33. The standard InChI is InChI=1S/C22H20ClNO5S/c1-16(28-19-6-4-3-5-7-19)22(25)29-20-12-10-18(11-13-20)24(2)30(26,27)21-14-8-17(23)9-15-21/h3-16H,1-2H3. The zero-order chi connectivity index (χ0) is 21.7. The molecule has 30 heavy (non-hydrogen) atoms. The molecule has 0 saturated carbocycles. The smallest absolute Gasteiger partial charge is 0.352 e. The molecule has 0 bridgehead atoms. The van der Waals surface area contributed by atoms with Gasteiger partial charge in [-0.1, -0.05) is 29.8 Å². The molecule has 0 aliphatic carbocycles. The second-order valence-corrected chi connectivity index (χ2v) is 8.82. The van der Waals surface area contributed by atoms with E-state index in [-0.39, 0.29) is 10.6 Å². The van der Waals surface area contributed by atoms with Crippen LogP contribution in [0.5, 0.6) is 11.5 Å². The van der Waals surface area contributed by atoms with Crippen LogP contribution in [0.2, 0.25) is 5.02 Å². The van der Waals surface area contributed by atoms with Gasteiger partial charge in [-0.2, -0.15) is 0 Å². The third kappa shape index (κ3) is 5.11. The summed E-state index contributed by atoms with van der Waals surface area (Å²) in [6, 6.07) is 21.0. The molecule has 3 rings (SSSR count). The summed E-state index contributed by atoms with van der Waals surface area (Å²) in [7, 11) is -2.30. The number of carbonyl (C=O) groups is 1. The zero-order valence-corrected chi connectivity index (χ0v) is 17.9. The number of esters is 1. The van der Waals surface area contributed by atoms with Crippen LogP contribution in [0.1, 0.15) is 6.92 Å². The first-order valence-electron chi connectivity index (χ1n) is 9.05. The van der Waals surface area contributed by atoms with Gasteiger partial charge in [-0.05, 0) is 67.6 Å². The summed E-state index contributed by atoms with van der Waals surface area (Å²) in [4.78, 5) is 12.4. The van der Waals surface area contributed by atoms with Crippen molar-refractivity contribution in [1.29, 1.82) is 0 Å². The number of ether oxygens (including phenoxy) is 2. The molecule has 0 fully saturated rings. The predicted octanol–water partition coefficient (Wildman–Crippen LogP) is 4.54. The van der Waals surface area contributed by atoms with Crippen molar-refractivity contribution in [3.8, 4) is 11.5 Å². The number of para-hydroxylation sites is 1. The molecule has 0 spiro atoms. The van der Waals surface area contributed by atoms with Crippen LogP contribution in [0.3, 0.4) is 0 Å². The first-order valence-corrected chi connectivity index (χ1v) is 10.9. The number of halogens is 1. The van der Waals surface area contributed by atoms with Gasteiger partial charge < -0.3 is 9.47 Å². The monoisotopic (exact) mass is 445 g/mol. The van der Waals surface area contributed by atoms with Crippen LogP contribution in [-0.4, -0.2) is 27.5 Å². The summed E-state index contributed by atoms with van der Waals surface area (Å²) < 4.78 is 37.5. The number of nitrogens with zero attached hydrogens (tertiary/aromatic N) is 1. The number of benzene rings is 3. The van der Waals surface area contributed by atoms with E-state index in [2.05, 4.69) is 0 Å². The minimum absolute atomic E-state index is 0.122. The fourth-order valence-electron chi connectivity index (χ4n) is 2.58. The van der Waals surface area contributed by atoms with E-state index in [4.69, 9.17) is 21.1 Å². The molecular formula is C22H20ClNO5S. The minimum Gasteiger partial charge on any atom is -0.479 e. The van der Waals surface area contributed by atoms with Gasteiger partial charge in [0.15, 0.2) is 6.10 Å². The highest BCUT2D eigenvalue weighted by atomic mass is 35.5. The molecule has 0 saturated heterocycles. The Hall–Kier alpha value is -3.03. The number of carbonyl (C=O) groups excluding carboxylic acids is 1. The van der Waals surface area contributed by atoms with Gasteiger partial charge in [-0.25, -0.2) is 13.2 Å². The highest BCUT2D eigenvalue weighted by molar-refractivity contribution is 7.92. The maximum atomic E-state index is 12.8. The Labute approximate surface area is 180 Å². The Kier molecular flexibility index (Phi) is 6.64. The van der Waals surface area contributed by atoms with Gasteiger partial charge in [0.1, 0.15) is 11.5 Å². The van der Waals surface area contributed by atoms with E-state index in [0.717, 1.165) is 4.31 Å². The Balaban J connectivity index is 1.66. The van der Waals surface area contributed by atoms with Crippen LogP contribution in [0.4, 0.5) is 5.69 Å². The van der Waals surface area contributed by atoms with Crippen molar-refractivity contribution in [3.63, 3.8) is 0 Å². The molecule has 156 valence electrons. The van der Waals surface area contributed by atoms with Crippen LogP contribution in [-0.2, 0) is 14.8 Å². The van der Waals surface area contributed by atoms with Crippen LogP contribution in [0.25, 0.3) is 0 Å². The summed E-state index contributed by atoms with van der Waals surface area (Å²) in [5, 5.41) is 0.452. The Morgan fingerprint density at radius 2 is 1.50 bits per heavy atom. The van der Waals surface area contributed by atoms with Crippen molar-refractivity contribution in [2.24, 2.45) is 0 Å². The Bertz CT molecular complexity index is 1100. The van der Waals surface area contributed by atoms with E-state index >= 15 is 0 Å². The molecule has 6 nitrogen and oxygen atoms in total. The van der Waals surface area contributed by atoms with Crippen molar-refractivity contribution >= 4 is 33.3 Å². The van der Waals surface area contributed by atoms with Crippen molar-refractivity contribution in [2.75, 3.05) is 11.4 Å². The molecular weight excluding hydrogens is 426 g/mol. The van der Waals surface area contributed by atoms with Crippen molar-refractivity contribution in [3.05, 3.63) is 83.9 Å². The SMILES string of the molecule is CC(Oc1ccccc1)C(=O)Oc1ccc(N(C)S(=O)(=O)c2ccc(Cl)cc2)cc1. The van der Waals surface area contributed by atoms with Gasteiger partial charge in [0, 0.05) is 12.1 Å². The highest BCUT2D eigenvalue weighted by Crippen LogP contribution is 2.25. The van der Waals surface area contributed by atoms with Crippen LogP contribution >= 0.6 is 11.6 Å².